The quantitative estimate of drug-likeness (QED) is 0.796. The zero-order valence-electron chi connectivity index (χ0n) is 12.9. The molecule has 0 unspecified atom stereocenters. The summed E-state index contributed by atoms with van der Waals surface area (Å²) in [6.07, 6.45) is 0.844. The molecule has 2 rings (SSSR count). The molecule has 1 heterocycles. The molecule has 3 N–H and O–H groups in total. The summed E-state index contributed by atoms with van der Waals surface area (Å²) in [5, 5.41) is 8.80. The average molecular weight is 325 g/mol. The molecule has 0 aromatic heterocycles. The van der Waals surface area contributed by atoms with Crippen LogP contribution < -0.4 is 20.9 Å². The van der Waals surface area contributed by atoms with Crippen LogP contribution in [0.3, 0.4) is 0 Å². The van der Waals surface area contributed by atoms with Gasteiger partial charge in [0, 0.05) is 20.6 Å². The fraction of sp³-hybridized carbons (Fsp3) is 0.467. The van der Waals surface area contributed by atoms with E-state index in [9.17, 15) is 9.59 Å². The molecule has 22 heavy (non-hydrogen) atoms. The van der Waals surface area contributed by atoms with Crippen LogP contribution in [0.15, 0.2) is 18.2 Å². The highest BCUT2D eigenvalue weighted by Crippen LogP contribution is 2.32. The second-order valence-corrected chi connectivity index (χ2v) is 6.07. The number of piperidine rings is 1. The lowest BCUT2D eigenvalue weighted by molar-refractivity contribution is -0.125. The van der Waals surface area contributed by atoms with Gasteiger partial charge in [-0.15, -0.1) is 0 Å². The van der Waals surface area contributed by atoms with Gasteiger partial charge in [0.15, 0.2) is 0 Å². The Morgan fingerprint density at radius 2 is 2.14 bits per heavy atom. The molecule has 1 fully saturated rings. The van der Waals surface area contributed by atoms with Crippen molar-refractivity contribution in [3.8, 4) is 0 Å². The summed E-state index contributed by atoms with van der Waals surface area (Å²) in [6.45, 7) is 2.60. The Kier molecular flexibility index (Phi) is 5.13. The van der Waals surface area contributed by atoms with Crippen molar-refractivity contribution in [2.24, 2.45) is 5.92 Å². The minimum Gasteiger partial charge on any atom is -0.375 e. The maximum Gasteiger partial charge on any atom is 0.319 e. The van der Waals surface area contributed by atoms with Gasteiger partial charge < -0.3 is 20.9 Å². The molecule has 120 valence electrons. The number of nitrogens with one attached hydrogen (secondary N) is 3. The van der Waals surface area contributed by atoms with Gasteiger partial charge >= 0.3 is 6.03 Å². The number of benzene rings is 1. The number of carbonyl (C=O) groups excluding carboxylic acids is 2. The topological polar surface area (TPSA) is 73.5 Å². The van der Waals surface area contributed by atoms with Crippen molar-refractivity contribution in [1.29, 1.82) is 0 Å². The molecule has 1 aliphatic rings. The lowest BCUT2D eigenvalue weighted by Gasteiger charge is -2.29. The summed E-state index contributed by atoms with van der Waals surface area (Å²) in [5.74, 6) is -0.0417. The predicted octanol–water partition coefficient (Wildman–Crippen LogP) is 2.05. The molecule has 1 aliphatic heterocycles. The van der Waals surface area contributed by atoms with Gasteiger partial charge in [-0.3, -0.25) is 4.79 Å². The van der Waals surface area contributed by atoms with Gasteiger partial charge in [0.1, 0.15) is 6.04 Å². The van der Waals surface area contributed by atoms with E-state index in [-0.39, 0.29) is 11.8 Å². The van der Waals surface area contributed by atoms with Crippen molar-refractivity contribution in [3.63, 3.8) is 0 Å². The standard InChI is InChI=1S/C15H21ClN4O2/c1-9-7-8-17-14(21)12(9)19-15(22)18-11-6-4-5-10(16)13(11)20(2)3/h4-6,9,12H,7-8H2,1-3H3,(H,17,21)(H2,18,19,22)/t9-,12-/m1/s1. The third-order valence-electron chi connectivity index (χ3n) is 3.72. The number of amides is 3. The summed E-state index contributed by atoms with van der Waals surface area (Å²) in [7, 11) is 3.70. The van der Waals surface area contributed by atoms with Crippen LogP contribution in [-0.4, -0.2) is 38.6 Å². The van der Waals surface area contributed by atoms with Crippen molar-refractivity contribution < 1.29 is 9.59 Å². The SMILES string of the molecule is C[C@@H]1CCNC(=O)[C@@H]1NC(=O)Nc1cccc(Cl)c1N(C)C. The van der Waals surface area contributed by atoms with Crippen LogP contribution in [0.25, 0.3) is 0 Å². The zero-order chi connectivity index (χ0) is 16.3. The van der Waals surface area contributed by atoms with Gasteiger partial charge in [-0.2, -0.15) is 0 Å². The first kappa shape index (κ1) is 16.4. The number of rotatable bonds is 3. The lowest BCUT2D eigenvalue weighted by Crippen LogP contribution is -2.55. The Morgan fingerprint density at radius 1 is 1.41 bits per heavy atom. The molecule has 0 saturated carbocycles. The van der Waals surface area contributed by atoms with Crippen molar-refractivity contribution in [2.45, 2.75) is 19.4 Å². The van der Waals surface area contributed by atoms with Crippen LogP contribution in [0.5, 0.6) is 0 Å². The van der Waals surface area contributed by atoms with E-state index in [1.807, 2.05) is 25.9 Å². The summed E-state index contributed by atoms with van der Waals surface area (Å²) in [5.41, 5.74) is 1.32. The number of carbonyl (C=O) groups is 2. The molecule has 1 aromatic rings. The Morgan fingerprint density at radius 3 is 2.77 bits per heavy atom. The monoisotopic (exact) mass is 324 g/mol. The van der Waals surface area contributed by atoms with E-state index in [4.69, 9.17) is 11.6 Å². The summed E-state index contributed by atoms with van der Waals surface area (Å²) >= 11 is 6.17. The highest BCUT2D eigenvalue weighted by atomic mass is 35.5. The van der Waals surface area contributed by atoms with Gasteiger partial charge in [0.2, 0.25) is 5.91 Å². The van der Waals surface area contributed by atoms with Gasteiger partial charge in [-0.25, -0.2) is 4.79 Å². The molecule has 2 atom stereocenters. The number of halogens is 1. The summed E-state index contributed by atoms with van der Waals surface area (Å²) in [4.78, 5) is 25.9. The molecule has 6 nitrogen and oxygen atoms in total. The highest BCUT2D eigenvalue weighted by molar-refractivity contribution is 6.34. The van der Waals surface area contributed by atoms with Crippen LogP contribution in [-0.2, 0) is 4.79 Å². The van der Waals surface area contributed by atoms with Crippen molar-refractivity contribution >= 4 is 34.9 Å². The first-order valence-electron chi connectivity index (χ1n) is 7.21. The molecule has 1 aromatic carbocycles. The summed E-state index contributed by atoms with van der Waals surface area (Å²) < 4.78 is 0. The van der Waals surface area contributed by atoms with E-state index < -0.39 is 12.1 Å². The maximum absolute atomic E-state index is 12.2. The maximum atomic E-state index is 12.2. The molecule has 0 radical (unpaired) electrons. The first-order chi connectivity index (χ1) is 10.4. The fourth-order valence-electron chi connectivity index (χ4n) is 2.54. The van der Waals surface area contributed by atoms with E-state index in [1.165, 1.54) is 0 Å². The van der Waals surface area contributed by atoms with E-state index in [1.54, 1.807) is 18.2 Å². The van der Waals surface area contributed by atoms with Gasteiger partial charge in [0.05, 0.1) is 16.4 Å². The first-order valence-corrected chi connectivity index (χ1v) is 7.59. The largest absolute Gasteiger partial charge is 0.375 e. The average Bonchev–Trinajstić information content (AvgIpc) is 2.42. The second-order valence-electron chi connectivity index (χ2n) is 5.66. The smallest absolute Gasteiger partial charge is 0.319 e. The normalized spacial score (nSPS) is 21.0. The molecule has 1 saturated heterocycles. The number of urea groups is 1. The van der Waals surface area contributed by atoms with Crippen LogP contribution >= 0.6 is 11.6 Å². The van der Waals surface area contributed by atoms with E-state index >= 15 is 0 Å². The Hall–Kier alpha value is -1.95. The number of anilines is 2. The van der Waals surface area contributed by atoms with E-state index in [2.05, 4.69) is 16.0 Å². The Labute approximate surface area is 135 Å². The molecular weight excluding hydrogens is 304 g/mol. The third-order valence-corrected chi connectivity index (χ3v) is 4.02. The lowest BCUT2D eigenvalue weighted by atomic mass is 9.94. The van der Waals surface area contributed by atoms with Gasteiger partial charge in [0.25, 0.3) is 0 Å². The molecule has 7 heteroatoms. The highest BCUT2D eigenvalue weighted by Gasteiger charge is 2.30. The molecule has 0 aliphatic carbocycles. The minimum absolute atomic E-state index is 0.104. The van der Waals surface area contributed by atoms with E-state index in [0.29, 0.717) is 17.3 Å². The van der Waals surface area contributed by atoms with Crippen LogP contribution in [0, 0.1) is 5.92 Å². The molecule has 0 bridgehead atoms. The fourth-order valence-corrected chi connectivity index (χ4v) is 2.88. The van der Waals surface area contributed by atoms with Crippen LogP contribution in [0.4, 0.5) is 16.2 Å². The second kappa shape index (κ2) is 6.87. The third kappa shape index (κ3) is 3.62. The van der Waals surface area contributed by atoms with Gasteiger partial charge in [-0.1, -0.05) is 24.6 Å². The number of hydrogen-bond donors (Lipinski definition) is 3. The molecule has 3 amide bonds. The number of nitrogens with zero attached hydrogens (tertiary/aromatic N) is 1. The predicted molar refractivity (Wildman–Crippen MR) is 88.5 cm³/mol. The van der Waals surface area contributed by atoms with Crippen molar-refractivity contribution in [2.75, 3.05) is 30.9 Å². The van der Waals surface area contributed by atoms with Crippen molar-refractivity contribution in [3.05, 3.63) is 23.2 Å². The number of para-hydroxylation sites is 1. The molecular formula is C15H21ClN4O2. The zero-order valence-corrected chi connectivity index (χ0v) is 13.7. The molecule has 0 spiro atoms. The number of hydrogen-bond acceptors (Lipinski definition) is 3. The van der Waals surface area contributed by atoms with Crippen LogP contribution in [0.2, 0.25) is 5.02 Å². The van der Waals surface area contributed by atoms with Crippen molar-refractivity contribution in [1.82, 2.24) is 10.6 Å². The Balaban J connectivity index is 2.09. The van der Waals surface area contributed by atoms with E-state index in [0.717, 1.165) is 12.1 Å². The summed E-state index contributed by atoms with van der Waals surface area (Å²) in [6, 6.07) is 4.36. The minimum atomic E-state index is -0.518. The van der Waals surface area contributed by atoms with Crippen LogP contribution in [0.1, 0.15) is 13.3 Å². The van der Waals surface area contributed by atoms with Gasteiger partial charge in [-0.05, 0) is 24.5 Å². The Bertz CT molecular complexity index is 577.